The molecule has 0 bridgehead atoms. The molecule has 0 aliphatic carbocycles. The molecule has 0 fully saturated rings. The zero-order valence-corrected chi connectivity index (χ0v) is 9.09. The molecule has 0 aliphatic heterocycles. The van der Waals surface area contributed by atoms with Gasteiger partial charge in [-0.2, -0.15) is 0 Å². The normalized spacial score (nSPS) is 11.3. The van der Waals surface area contributed by atoms with Gasteiger partial charge in [-0.1, -0.05) is 6.42 Å². The molecule has 7 heteroatoms. The van der Waals surface area contributed by atoms with E-state index in [9.17, 15) is 4.79 Å². The second-order valence-corrected chi connectivity index (χ2v) is 3.11. The number of aliphatic carboxylic acids is 1. The average molecular weight is 220 g/mol. The molecule has 0 amide bonds. The third kappa shape index (κ3) is 13.4. The summed E-state index contributed by atoms with van der Waals surface area (Å²) in [5.41, 5.74) is 9.85. The van der Waals surface area contributed by atoms with Crippen molar-refractivity contribution in [1.29, 1.82) is 0 Å². The zero-order valence-electron chi connectivity index (χ0n) is 9.09. The van der Waals surface area contributed by atoms with Crippen LogP contribution in [0.5, 0.6) is 0 Å². The lowest BCUT2D eigenvalue weighted by Gasteiger charge is -2.11. The lowest BCUT2D eigenvalue weighted by atomic mass is 9.82. The van der Waals surface area contributed by atoms with Gasteiger partial charge in [-0.3, -0.25) is 4.79 Å². The second kappa shape index (κ2) is 11.4. The van der Waals surface area contributed by atoms with Gasteiger partial charge in [-0.15, -0.1) is 0 Å². The molecule has 1 atom stereocenters. The number of carbonyl (C=O) groups is 1. The first-order valence-corrected chi connectivity index (χ1v) is 4.92. The van der Waals surface area contributed by atoms with Gasteiger partial charge in [0.25, 0.3) is 0 Å². The molecule has 7 N–H and O–H groups in total. The van der Waals surface area contributed by atoms with E-state index in [2.05, 4.69) is 5.73 Å². The Morgan fingerprint density at radius 1 is 1.40 bits per heavy atom. The number of hydrogen-bond donors (Lipinski definition) is 5. The maximum absolute atomic E-state index is 10.3. The first-order chi connectivity index (χ1) is 7.06. The minimum Gasteiger partial charge on any atom is -0.481 e. The van der Waals surface area contributed by atoms with Gasteiger partial charge in [0, 0.05) is 6.42 Å². The van der Waals surface area contributed by atoms with Crippen LogP contribution in [-0.2, 0) is 4.79 Å². The maximum Gasteiger partial charge on any atom is 0.451 e. The van der Waals surface area contributed by atoms with Crippen molar-refractivity contribution in [2.75, 3.05) is 13.6 Å². The quantitative estimate of drug-likeness (QED) is 0.345. The fraction of sp³-hybridized carbons (Fsp3) is 0.875. The molecule has 0 spiro atoms. The van der Waals surface area contributed by atoms with E-state index in [1.54, 1.807) is 0 Å². The fourth-order valence-electron chi connectivity index (χ4n) is 1.14. The Kier molecular flexibility index (Phi) is 12.8. The van der Waals surface area contributed by atoms with Crippen molar-refractivity contribution in [3.8, 4) is 0 Å². The number of carboxylic acids is 1. The summed E-state index contributed by atoms with van der Waals surface area (Å²) in [5.74, 6) is -0.920. The van der Waals surface area contributed by atoms with Crippen molar-refractivity contribution in [2.24, 2.45) is 17.4 Å². The van der Waals surface area contributed by atoms with E-state index < -0.39 is 13.1 Å². The summed E-state index contributed by atoms with van der Waals surface area (Å²) in [4.78, 5) is 10.3. The van der Waals surface area contributed by atoms with Crippen molar-refractivity contribution < 1.29 is 19.9 Å². The van der Waals surface area contributed by atoms with E-state index in [0.29, 0.717) is 19.4 Å². The van der Waals surface area contributed by atoms with Crippen LogP contribution in [0, 0.1) is 5.92 Å². The van der Waals surface area contributed by atoms with Gasteiger partial charge in [-0.25, -0.2) is 0 Å². The van der Waals surface area contributed by atoms with Crippen LogP contribution in [0.1, 0.15) is 19.3 Å². The Morgan fingerprint density at radius 3 is 2.27 bits per heavy atom. The Labute approximate surface area is 90.4 Å². The second-order valence-electron chi connectivity index (χ2n) is 3.11. The van der Waals surface area contributed by atoms with Crippen molar-refractivity contribution in [1.82, 2.24) is 0 Å². The van der Waals surface area contributed by atoms with Crippen LogP contribution in [0.25, 0.3) is 0 Å². The highest BCUT2D eigenvalue weighted by Crippen LogP contribution is 2.12. The van der Waals surface area contributed by atoms with Crippen LogP contribution in [0.4, 0.5) is 0 Å². The molecule has 0 aromatic heterocycles. The average Bonchev–Trinajstić information content (AvgIpc) is 2.18. The Bertz CT molecular complexity index is 158. The van der Waals surface area contributed by atoms with Gasteiger partial charge in [0.1, 0.15) is 0 Å². The molecular formula is C8H21BN2O4. The predicted molar refractivity (Wildman–Crippen MR) is 59.1 cm³/mol. The zero-order chi connectivity index (χ0) is 12.3. The third-order valence-corrected chi connectivity index (χ3v) is 1.87. The van der Waals surface area contributed by atoms with Crippen molar-refractivity contribution in [2.45, 2.75) is 25.6 Å². The summed E-state index contributed by atoms with van der Waals surface area (Å²) in [6, 6.07) is 0. The minimum absolute atomic E-state index is 0.0536. The van der Waals surface area contributed by atoms with Gasteiger partial charge < -0.3 is 26.6 Å². The third-order valence-electron chi connectivity index (χ3n) is 1.87. The summed E-state index contributed by atoms with van der Waals surface area (Å²) in [6.07, 6.45) is 1.54. The van der Waals surface area contributed by atoms with Gasteiger partial charge in [0.2, 0.25) is 0 Å². The van der Waals surface area contributed by atoms with Crippen LogP contribution in [-0.4, -0.2) is 41.8 Å². The van der Waals surface area contributed by atoms with Crippen LogP contribution < -0.4 is 11.5 Å². The van der Waals surface area contributed by atoms with E-state index >= 15 is 0 Å². The lowest BCUT2D eigenvalue weighted by molar-refractivity contribution is -0.138. The molecule has 0 rings (SSSR count). The number of hydrogen-bond acceptors (Lipinski definition) is 5. The van der Waals surface area contributed by atoms with E-state index in [1.807, 2.05) is 0 Å². The van der Waals surface area contributed by atoms with Gasteiger partial charge in [0.15, 0.2) is 0 Å². The lowest BCUT2D eigenvalue weighted by Crippen LogP contribution is -2.19. The van der Waals surface area contributed by atoms with E-state index in [1.165, 1.54) is 7.05 Å². The summed E-state index contributed by atoms with van der Waals surface area (Å²) in [7, 11) is 0.197. The molecule has 0 aromatic carbocycles. The highest BCUT2D eigenvalue weighted by molar-refractivity contribution is 6.40. The molecular weight excluding hydrogens is 199 g/mol. The minimum atomic E-state index is -1.30. The Balaban J connectivity index is 0. The summed E-state index contributed by atoms with van der Waals surface area (Å²) in [6.45, 7) is 0.327. The molecule has 15 heavy (non-hydrogen) atoms. The molecule has 0 saturated carbocycles. The summed E-state index contributed by atoms with van der Waals surface area (Å²) >= 11 is 0. The summed E-state index contributed by atoms with van der Waals surface area (Å²) in [5, 5.41) is 25.5. The number of nitrogens with two attached hydrogens (primary N) is 2. The van der Waals surface area contributed by atoms with Gasteiger partial charge in [-0.05, 0) is 32.3 Å². The highest BCUT2D eigenvalue weighted by Gasteiger charge is 2.13. The molecule has 6 nitrogen and oxygen atoms in total. The van der Waals surface area contributed by atoms with Crippen molar-refractivity contribution in [3.05, 3.63) is 0 Å². The molecule has 0 radical (unpaired) electrons. The van der Waals surface area contributed by atoms with Gasteiger partial charge >= 0.3 is 13.1 Å². The van der Waals surface area contributed by atoms with Crippen molar-refractivity contribution in [3.63, 3.8) is 0 Å². The monoisotopic (exact) mass is 220 g/mol. The van der Waals surface area contributed by atoms with E-state index in [0.717, 1.165) is 0 Å². The van der Waals surface area contributed by atoms with Crippen LogP contribution in [0.3, 0.4) is 0 Å². The first-order valence-electron chi connectivity index (χ1n) is 4.92. The topological polar surface area (TPSA) is 130 Å². The molecule has 0 saturated heterocycles. The first kappa shape index (κ1) is 16.8. The standard InChI is InChI=1S/C7H16BNO4.CH5N/c9-5-6(4-7(10)11)2-1-3-8(12)13;1-2/h6,12-13H,1-5,9H2,(H,10,11);2H2,1H3. The van der Waals surface area contributed by atoms with Crippen molar-refractivity contribution >= 4 is 13.1 Å². The maximum atomic E-state index is 10.3. The highest BCUT2D eigenvalue weighted by atomic mass is 16.4. The largest absolute Gasteiger partial charge is 0.481 e. The molecule has 0 aliphatic rings. The van der Waals surface area contributed by atoms with E-state index in [-0.39, 0.29) is 18.7 Å². The summed E-state index contributed by atoms with van der Waals surface area (Å²) < 4.78 is 0. The molecule has 0 aromatic rings. The predicted octanol–water partition coefficient (Wildman–Crippen LogP) is -1.14. The molecule has 0 heterocycles. The SMILES string of the molecule is CN.NCC(CCCB(O)O)CC(=O)O. The fourth-order valence-corrected chi connectivity index (χ4v) is 1.14. The van der Waals surface area contributed by atoms with Crippen LogP contribution in [0.2, 0.25) is 6.32 Å². The van der Waals surface area contributed by atoms with Gasteiger partial charge in [0.05, 0.1) is 0 Å². The van der Waals surface area contributed by atoms with Crippen LogP contribution >= 0.6 is 0 Å². The molecule has 1 unspecified atom stereocenters. The van der Waals surface area contributed by atoms with Crippen LogP contribution in [0.15, 0.2) is 0 Å². The Morgan fingerprint density at radius 2 is 1.93 bits per heavy atom. The van der Waals surface area contributed by atoms with E-state index in [4.69, 9.17) is 20.9 Å². The smallest absolute Gasteiger partial charge is 0.451 e. The number of rotatable bonds is 7. The molecule has 90 valence electrons. The number of carboxylic acid groups (broad SMARTS) is 1. The Hall–Kier alpha value is -0.625.